The zero-order valence-corrected chi connectivity index (χ0v) is 14.5. The van der Waals surface area contributed by atoms with Gasteiger partial charge in [0, 0.05) is 32.5 Å². The SMILES string of the molecule is Cc1ccnc(Nc2cccc(-c3cnc(N(C)CCN)s3)n2)c1. The largest absolute Gasteiger partial charge is 0.350 e. The molecule has 0 radical (unpaired) electrons. The number of aromatic nitrogens is 3. The van der Waals surface area contributed by atoms with Gasteiger partial charge >= 0.3 is 0 Å². The summed E-state index contributed by atoms with van der Waals surface area (Å²) >= 11 is 1.60. The van der Waals surface area contributed by atoms with E-state index < -0.39 is 0 Å². The maximum atomic E-state index is 5.60. The topological polar surface area (TPSA) is 80.0 Å². The number of likely N-dealkylation sites (N-methyl/N-ethyl adjacent to an activating group) is 1. The Labute approximate surface area is 145 Å². The van der Waals surface area contributed by atoms with Crippen molar-refractivity contribution in [3.05, 3.63) is 48.3 Å². The fourth-order valence-corrected chi connectivity index (χ4v) is 3.10. The highest BCUT2D eigenvalue weighted by Crippen LogP contribution is 2.30. The van der Waals surface area contributed by atoms with Crippen LogP contribution in [0, 0.1) is 6.92 Å². The Morgan fingerprint density at radius 3 is 2.88 bits per heavy atom. The lowest BCUT2D eigenvalue weighted by molar-refractivity contribution is 0.880. The average Bonchev–Trinajstić information content (AvgIpc) is 3.05. The first-order valence-electron chi connectivity index (χ1n) is 7.70. The summed E-state index contributed by atoms with van der Waals surface area (Å²) in [5, 5.41) is 4.18. The lowest BCUT2D eigenvalue weighted by atomic mass is 10.3. The van der Waals surface area contributed by atoms with Gasteiger partial charge in [0.1, 0.15) is 11.6 Å². The number of nitrogens with zero attached hydrogens (tertiary/aromatic N) is 4. The van der Waals surface area contributed by atoms with Crippen LogP contribution in [0.4, 0.5) is 16.8 Å². The number of anilines is 3. The highest BCUT2D eigenvalue weighted by atomic mass is 32.1. The first-order chi connectivity index (χ1) is 11.7. The van der Waals surface area contributed by atoms with Crippen LogP contribution in [-0.4, -0.2) is 35.1 Å². The normalized spacial score (nSPS) is 10.6. The lowest BCUT2D eigenvalue weighted by Gasteiger charge is -2.13. The molecule has 0 amide bonds. The van der Waals surface area contributed by atoms with E-state index in [-0.39, 0.29) is 0 Å². The first kappa shape index (κ1) is 16.4. The van der Waals surface area contributed by atoms with Crippen LogP contribution in [0.3, 0.4) is 0 Å². The second kappa shape index (κ2) is 7.37. The molecule has 0 atom stereocenters. The van der Waals surface area contributed by atoms with Crippen LogP contribution < -0.4 is 16.0 Å². The van der Waals surface area contributed by atoms with E-state index in [0.717, 1.165) is 39.4 Å². The van der Waals surface area contributed by atoms with Crippen molar-refractivity contribution in [2.45, 2.75) is 6.92 Å². The fraction of sp³-hybridized carbons (Fsp3) is 0.235. The van der Waals surface area contributed by atoms with Gasteiger partial charge in [-0.15, -0.1) is 0 Å². The molecule has 0 saturated heterocycles. The van der Waals surface area contributed by atoms with Gasteiger partial charge in [-0.25, -0.2) is 15.0 Å². The van der Waals surface area contributed by atoms with Gasteiger partial charge in [0.2, 0.25) is 0 Å². The van der Waals surface area contributed by atoms with Crippen LogP contribution in [0.5, 0.6) is 0 Å². The summed E-state index contributed by atoms with van der Waals surface area (Å²) in [5.74, 6) is 1.54. The summed E-state index contributed by atoms with van der Waals surface area (Å²) in [7, 11) is 1.99. The third kappa shape index (κ3) is 3.87. The van der Waals surface area contributed by atoms with Crippen molar-refractivity contribution in [3.8, 4) is 10.6 Å². The molecule has 0 unspecified atom stereocenters. The molecule has 3 aromatic rings. The predicted molar refractivity (Wildman–Crippen MR) is 99.9 cm³/mol. The van der Waals surface area contributed by atoms with E-state index in [2.05, 4.69) is 20.3 Å². The van der Waals surface area contributed by atoms with Crippen molar-refractivity contribution in [2.75, 3.05) is 30.4 Å². The molecule has 0 fully saturated rings. The fourth-order valence-electron chi connectivity index (χ4n) is 2.23. The smallest absolute Gasteiger partial charge is 0.185 e. The average molecular weight is 340 g/mol. The number of aryl methyl sites for hydroxylation is 1. The summed E-state index contributed by atoms with van der Waals surface area (Å²) in [5.41, 5.74) is 7.64. The summed E-state index contributed by atoms with van der Waals surface area (Å²) in [6.07, 6.45) is 3.63. The Kier molecular flexibility index (Phi) is 5.02. The summed E-state index contributed by atoms with van der Waals surface area (Å²) in [4.78, 5) is 16.5. The van der Waals surface area contributed by atoms with Gasteiger partial charge in [-0.1, -0.05) is 17.4 Å². The molecule has 0 saturated carbocycles. The Balaban J connectivity index is 1.80. The minimum absolute atomic E-state index is 0.604. The van der Waals surface area contributed by atoms with Gasteiger partial charge < -0.3 is 16.0 Å². The van der Waals surface area contributed by atoms with Crippen molar-refractivity contribution < 1.29 is 0 Å². The predicted octanol–water partition coefficient (Wildman–Crippen LogP) is 3.05. The second-order valence-electron chi connectivity index (χ2n) is 5.47. The molecule has 0 aliphatic carbocycles. The molecule has 0 aromatic carbocycles. The van der Waals surface area contributed by atoms with Gasteiger partial charge in [0.25, 0.3) is 0 Å². The van der Waals surface area contributed by atoms with Crippen molar-refractivity contribution in [1.82, 2.24) is 15.0 Å². The Bertz CT molecular complexity index is 816. The van der Waals surface area contributed by atoms with Crippen LogP contribution in [0.2, 0.25) is 0 Å². The Hall–Kier alpha value is -2.51. The van der Waals surface area contributed by atoms with Crippen LogP contribution >= 0.6 is 11.3 Å². The van der Waals surface area contributed by atoms with Crippen molar-refractivity contribution in [1.29, 1.82) is 0 Å². The molecular formula is C17H20N6S. The maximum Gasteiger partial charge on any atom is 0.185 e. The summed E-state index contributed by atoms with van der Waals surface area (Å²) in [6.45, 7) is 3.42. The highest BCUT2D eigenvalue weighted by Gasteiger charge is 2.09. The Morgan fingerprint density at radius 1 is 1.21 bits per heavy atom. The van der Waals surface area contributed by atoms with Gasteiger partial charge in [-0.2, -0.15) is 0 Å². The third-order valence-electron chi connectivity index (χ3n) is 3.46. The van der Waals surface area contributed by atoms with E-state index in [0.29, 0.717) is 6.54 Å². The van der Waals surface area contributed by atoms with E-state index in [4.69, 9.17) is 5.73 Å². The molecule has 124 valence electrons. The molecule has 3 aromatic heterocycles. The minimum Gasteiger partial charge on any atom is -0.350 e. The molecular weight excluding hydrogens is 320 g/mol. The van der Waals surface area contributed by atoms with Crippen LogP contribution in [0.15, 0.2) is 42.7 Å². The quantitative estimate of drug-likeness (QED) is 0.718. The van der Waals surface area contributed by atoms with Crippen LogP contribution in [0.25, 0.3) is 10.6 Å². The third-order valence-corrected chi connectivity index (χ3v) is 4.59. The van der Waals surface area contributed by atoms with E-state index >= 15 is 0 Å². The number of hydrogen-bond acceptors (Lipinski definition) is 7. The van der Waals surface area contributed by atoms with Crippen LogP contribution in [0.1, 0.15) is 5.56 Å². The summed E-state index contributed by atoms with van der Waals surface area (Å²) in [6, 6.07) is 9.83. The summed E-state index contributed by atoms with van der Waals surface area (Å²) < 4.78 is 0. The zero-order valence-electron chi connectivity index (χ0n) is 13.7. The lowest BCUT2D eigenvalue weighted by Crippen LogP contribution is -2.24. The molecule has 6 nitrogen and oxygen atoms in total. The molecule has 0 bridgehead atoms. The van der Waals surface area contributed by atoms with Crippen molar-refractivity contribution in [3.63, 3.8) is 0 Å². The standard InChI is InChI=1S/C17H20N6S/c1-12-6-8-19-16(10-12)22-15-5-3-4-13(21-15)14-11-20-17(24-14)23(2)9-7-18/h3-6,8,10-11H,7,9,18H2,1-2H3,(H,19,21,22). The molecule has 3 rings (SSSR count). The van der Waals surface area contributed by atoms with Gasteiger partial charge in [0.15, 0.2) is 5.13 Å². The molecule has 24 heavy (non-hydrogen) atoms. The van der Waals surface area contributed by atoms with Gasteiger partial charge in [-0.05, 0) is 36.8 Å². The van der Waals surface area contributed by atoms with E-state index in [9.17, 15) is 0 Å². The molecule has 0 aliphatic heterocycles. The second-order valence-corrected chi connectivity index (χ2v) is 6.48. The highest BCUT2D eigenvalue weighted by molar-refractivity contribution is 7.18. The zero-order chi connectivity index (χ0) is 16.9. The number of thiazole rings is 1. The van der Waals surface area contributed by atoms with Crippen LogP contribution in [-0.2, 0) is 0 Å². The van der Waals surface area contributed by atoms with E-state index in [1.54, 1.807) is 17.5 Å². The minimum atomic E-state index is 0.604. The van der Waals surface area contributed by atoms with E-state index in [1.165, 1.54) is 0 Å². The van der Waals surface area contributed by atoms with Gasteiger partial charge in [0.05, 0.1) is 10.6 Å². The maximum absolute atomic E-state index is 5.60. The monoisotopic (exact) mass is 340 g/mol. The number of nitrogens with two attached hydrogens (primary N) is 1. The molecule has 7 heteroatoms. The number of hydrogen-bond donors (Lipinski definition) is 2. The van der Waals surface area contributed by atoms with Crippen molar-refractivity contribution >= 4 is 28.1 Å². The number of nitrogens with one attached hydrogen (secondary N) is 1. The molecule has 0 spiro atoms. The Morgan fingerprint density at radius 2 is 2.08 bits per heavy atom. The molecule has 3 heterocycles. The number of rotatable bonds is 6. The van der Waals surface area contributed by atoms with Crippen molar-refractivity contribution in [2.24, 2.45) is 5.73 Å². The van der Waals surface area contributed by atoms with Gasteiger partial charge in [-0.3, -0.25) is 0 Å². The first-order valence-corrected chi connectivity index (χ1v) is 8.51. The van der Waals surface area contributed by atoms with E-state index in [1.807, 2.05) is 55.4 Å². The number of pyridine rings is 2. The molecule has 3 N–H and O–H groups in total. The molecule has 0 aliphatic rings.